The third-order valence-corrected chi connectivity index (χ3v) is 3.90. The van der Waals surface area contributed by atoms with E-state index in [0.29, 0.717) is 17.2 Å². The number of nitrogens with one attached hydrogen (secondary N) is 1. The van der Waals surface area contributed by atoms with Crippen molar-refractivity contribution in [3.8, 4) is 5.75 Å². The average molecular weight is 357 g/mol. The Kier molecular flexibility index (Phi) is 5.37. The van der Waals surface area contributed by atoms with Gasteiger partial charge >= 0.3 is 0 Å². The number of hydrogen-bond acceptors (Lipinski definition) is 4. The lowest BCUT2D eigenvalue weighted by molar-refractivity contribution is 0.397. The first-order valence-electron chi connectivity index (χ1n) is 6.03. The number of methoxy groups -OCH3 is 1. The molecular formula is C14H15BrClN3O. The molecule has 0 radical (unpaired) electrons. The van der Waals surface area contributed by atoms with Gasteiger partial charge < -0.3 is 4.74 Å². The Hall–Kier alpha value is -1.14. The van der Waals surface area contributed by atoms with Gasteiger partial charge in [-0.25, -0.2) is 0 Å². The fraction of sp³-hybridized carbons (Fsp3) is 0.214. The van der Waals surface area contributed by atoms with Crippen molar-refractivity contribution < 1.29 is 4.74 Å². The zero-order valence-corrected chi connectivity index (χ0v) is 13.3. The maximum absolute atomic E-state index is 6.25. The molecule has 106 valence electrons. The summed E-state index contributed by atoms with van der Waals surface area (Å²) >= 11 is 9.64. The summed E-state index contributed by atoms with van der Waals surface area (Å²) in [6.07, 6.45) is 4.04. The second-order valence-electron chi connectivity index (χ2n) is 4.28. The molecule has 0 aliphatic rings. The lowest BCUT2D eigenvalue weighted by Crippen LogP contribution is -2.30. The van der Waals surface area contributed by atoms with E-state index >= 15 is 0 Å². The van der Waals surface area contributed by atoms with Crippen LogP contribution in [0.2, 0.25) is 5.02 Å². The quantitative estimate of drug-likeness (QED) is 0.638. The maximum atomic E-state index is 6.25. The van der Waals surface area contributed by atoms with Crippen LogP contribution in [-0.4, -0.2) is 12.1 Å². The monoisotopic (exact) mass is 355 g/mol. The van der Waals surface area contributed by atoms with Gasteiger partial charge in [-0.15, -0.1) is 0 Å². The van der Waals surface area contributed by atoms with Gasteiger partial charge in [0.05, 0.1) is 19.3 Å². The van der Waals surface area contributed by atoms with Crippen LogP contribution in [0.4, 0.5) is 0 Å². The number of hydrogen-bond donors (Lipinski definition) is 2. The topological polar surface area (TPSA) is 60.2 Å². The SMILES string of the molecule is COc1cnccc1C(Cc1ccc(Br)cc1Cl)NN. The highest BCUT2D eigenvalue weighted by Crippen LogP contribution is 2.29. The van der Waals surface area contributed by atoms with E-state index in [2.05, 4.69) is 26.3 Å². The Bertz CT molecular complexity index is 594. The second-order valence-corrected chi connectivity index (χ2v) is 5.60. The molecular weight excluding hydrogens is 342 g/mol. The van der Waals surface area contributed by atoms with Crippen molar-refractivity contribution >= 4 is 27.5 Å². The second kappa shape index (κ2) is 7.04. The first-order valence-corrected chi connectivity index (χ1v) is 7.20. The van der Waals surface area contributed by atoms with Crippen LogP contribution >= 0.6 is 27.5 Å². The zero-order valence-electron chi connectivity index (χ0n) is 10.9. The summed E-state index contributed by atoms with van der Waals surface area (Å²) < 4.78 is 6.27. The molecule has 1 atom stereocenters. The van der Waals surface area contributed by atoms with E-state index in [9.17, 15) is 0 Å². The first kappa shape index (κ1) is 15.3. The molecule has 2 rings (SSSR count). The largest absolute Gasteiger partial charge is 0.495 e. The Morgan fingerprint density at radius 3 is 2.90 bits per heavy atom. The van der Waals surface area contributed by atoms with E-state index in [1.165, 1.54) is 0 Å². The predicted octanol–water partition coefficient (Wildman–Crippen LogP) is 3.25. The minimum Gasteiger partial charge on any atom is -0.495 e. The highest BCUT2D eigenvalue weighted by atomic mass is 79.9. The molecule has 1 heterocycles. The molecule has 20 heavy (non-hydrogen) atoms. The van der Waals surface area contributed by atoms with Crippen molar-refractivity contribution in [2.45, 2.75) is 12.5 Å². The van der Waals surface area contributed by atoms with Crippen LogP contribution in [0.15, 0.2) is 41.1 Å². The lowest BCUT2D eigenvalue weighted by atomic mass is 9.99. The number of hydrazine groups is 1. The average Bonchev–Trinajstić information content (AvgIpc) is 2.46. The van der Waals surface area contributed by atoms with Crippen LogP contribution in [-0.2, 0) is 6.42 Å². The number of aromatic nitrogens is 1. The molecule has 3 N–H and O–H groups in total. The Morgan fingerprint density at radius 2 is 2.25 bits per heavy atom. The number of benzene rings is 1. The molecule has 1 unspecified atom stereocenters. The molecule has 0 bridgehead atoms. The van der Waals surface area contributed by atoms with E-state index < -0.39 is 0 Å². The Balaban J connectivity index is 2.29. The highest BCUT2D eigenvalue weighted by Gasteiger charge is 2.16. The summed E-state index contributed by atoms with van der Waals surface area (Å²) in [5.41, 5.74) is 4.76. The third kappa shape index (κ3) is 3.49. The molecule has 0 aliphatic heterocycles. The molecule has 0 saturated heterocycles. The highest BCUT2D eigenvalue weighted by molar-refractivity contribution is 9.10. The molecule has 0 fully saturated rings. The lowest BCUT2D eigenvalue weighted by Gasteiger charge is -2.19. The third-order valence-electron chi connectivity index (χ3n) is 3.05. The van der Waals surface area contributed by atoms with E-state index in [4.69, 9.17) is 22.2 Å². The summed E-state index contributed by atoms with van der Waals surface area (Å²) in [5, 5.41) is 0.702. The molecule has 1 aromatic carbocycles. The maximum Gasteiger partial charge on any atom is 0.141 e. The van der Waals surface area contributed by atoms with E-state index in [1.54, 1.807) is 19.5 Å². The summed E-state index contributed by atoms with van der Waals surface area (Å²) in [4.78, 5) is 4.04. The minimum absolute atomic E-state index is 0.105. The molecule has 2 aromatic rings. The van der Waals surface area contributed by atoms with Gasteiger partial charge in [0.1, 0.15) is 5.75 Å². The van der Waals surface area contributed by atoms with Crippen LogP contribution in [0.1, 0.15) is 17.2 Å². The van der Waals surface area contributed by atoms with Gasteiger partial charge in [0, 0.05) is 21.3 Å². The molecule has 1 aromatic heterocycles. The summed E-state index contributed by atoms with van der Waals surface area (Å²) in [6.45, 7) is 0. The predicted molar refractivity (Wildman–Crippen MR) is 83.7 cm³/mol. The van der Waals surface area contributed by atoms with Crippen molar-refractivity contribution in [1.29, 1.82) is 0 Å². The van der Waals surface area contributed by atoms with Gasteiger partial charge in [-0.1, -0.05) is 33.6 Å². The zero-order chi connectivity index (χ0) is 14.5. The van der Waals surface area contributed by atoms with Crippen molar-refractivity contribution in [2.75, 3.05) is 7.11 Å². The van der Waals surface area contributed by atoms with E-state index in [-0.39, 0.29) is 6.04 Å². The van der Waals surface area contributed by atoms with Crippen LogP contribution in [0, 0.1) is 0 Å². The Labute approximate surface area is 131 Å². The van der Waals surface area contributed by atoms with Gasteiger partial charge in [0.2, 0.25) is 0 Å². The van der Waals surface area contributed by atoms with Crippen LogP contribution < -0.4 is 16.0 Å². The molecule has 4 nitrogen and oxygen atoms in total. The fourth-order valence-electron chi connectivity index (χ4n) is 2.01. The molecule has 6 heteroatoms. The van der Waals surface area contributed by atoms with Gasteiger partial charge in [-0.05, 0) is 30.2 Å². The number of nitrogens with two attached hydrogens (primary N) is 1. The van der Waals surface area contributed by atoms with Crippen LogP contribution in [0.5, 0.6) is 5.75 Å². The number of ether oxygens (including phenoxy) is 1. The number of halogens is 2. The fourth-order valence-corrected chi connectivity index (χ4v) is 2.77. The van der Waals surface area contributed by atoms with Gasteiger partial charge in [0.15, 0.2) is 0 Å². The van der Waals surface area contributed by atoms with Crippen molar-refractivity contribution in [2.24, 2.45) is 5.84 Å². The molecule has 0 saturated carbocycles. The van der Waals surface area contributed by atoms with Crippen molar-refractivity contribution in [3.63, 3.8) is 0 Å². The normalized spacial score (nSPS) is 12.2. The van der Waals surface area contributed by atoms with Crippen molar-refractivity contribution in [3.05, 3.63) is 57.3 Å². The van der Waals surface area contributed by atoms with Gasteiger partial charge in [0.25, 0.3) is 0 Å². The van der Waals surface area contributed by atoms with Crippen LogP contribution in [0.3, 0.4) is 0 Å². The van der Waals surface area contributed by atoms with E-state index in [1.807, 2.05) is 24.3 Å². The van der Waals surface area contributed by atoms with E-state index in [0.717, 1.165) is 15.6 Å². The van der Waals surface area contributed by atoms with Crippen molar-refractivity contribution in [1.82, 2.24) is 10.4 Å². The van der Waals surface area contributed by atoms with Gasteiger partial charge in [-0.3, -0.25) is 16.3 Å². The van der Waals surface area contributed by atoms with Gasteiger partial charge in [-0.2, -0.15) is 0 Å². The number of rotatable bonds is 5. The molecule has 0 spiro atoms. The summed E-state index contributed by atoms with van der Waals surface area (Å²) in [7, 11) is 1.61. The summed E-state index contributed by atoms with van der Waals surface area (Å²) in [5.74, 6) is 6.38. The van der Waals surface area contributed by atoms with Crippen LogP contribution in [0.25, 0.3) is 0 Å². The number of nitrogens with zero attached hydrogens (tertiary/aromatic N) is 1. The number of pyridine rings is 1. The molecule has 0 amide bonds. The smallest absolute Gasteiger partial charge is 0.141 e. The Morgan fingerprint density at radius 1 is 1.45 bits per heavy atom. The standard InChI is InChI=1S/C14H15BrClN3O/c1-20-14-8-18-5-4-11(14)13(19-17)6-9-2-3-10(15)7-12(9)16/h2-5,7-8,13,19H,6,17H2,1H3. The molecule has 0 aliphatic carbocycles. The first-order chi connectivity index (χ1) is 9.65. The summed E-state index contributed by atoms with van der Waals surface area (Å²) in [6, 6.07) is 7.58. The minimum atomic E-state index is -0.105.